The summed E-state index contributed by atoms with van der Waals surface area (Å²) in [6.45, 7) is 0. The number of phenolic OH excluding ortho intramolecular Hbond substituents is 1. The van der Waals surface area contributed by atoms with Crippen LogP contribution >= 0.6 is 102 Å². The molecule has 10 heteroatoms. The smallest absolute Gasteiger partial charge is 0.290 e. The summed E-state index contributed by atoms with van der Waals surface area (Å²) in [4.78, 5) is 23.3. The lowest BCUT2D eigenvalue weighted by molar-refractivity contribution is -0.115. The number of nitrogens with one attached hydrogen (secondary N) is 1. The van der Waals surface area contributed by atoms with Crippen LogP contribution in [-0.2, 0) is 4.79 Å². The maximum atomic E-state index is 11.7. The van der Waals surface area contributed by atoms with Crippen LogP contribution in [0.4, 0.5) is 4.79 Å². The highest BCUT2D eigenvalue weighted by atomic mass is 127. The Kier molecular flexibility index (Phi) is 6.99. The van der Waals surface area contributed by atoms with Gasteiger partial charge in [0.05, 0.1) is 19.2 Å². The van der Waals surface area contributed by atoms with Gasteiger partial charge in [-0.1, -0.05) is 0 Å². The average molecular weight is 817 g/mol. The fourth-order valence-electron chi connectivity index (χ4n) is 2.05. The molecule has 0 atom stereocenters. The third-order valence-electron chi connectivity index (χ3n) is 3.17. The predicted octanol–water partition coefficient (Wildman–Crippen LogP) is 5.93. The first-order valence-electron chi connectivity index (χ1n) is 6.84. The van der Waals surface area contributed by atoms with E-state index in [9.17, 15) is 14.7 Å². The van der Waals surface area contributed by atoms with Gasteiger partial charge in [0.1, 0.15) is 11.5 Å². The molecule has 2 amide bonds. The van der Waals surface area contributed by atoms with Crippen molar-refractivity contribution in [2.45, 2.75) is 0 Å². The van der Waals surface area contributed by atoms with Crippen molar-refractivity contribution in [3.05, 3.63) is 49.0 Å². The van der Waals surface area contributed by atoms with Crippen molar-refractivity contribution in [3.8, 4) is 17.2 Å². The third-order valence-corrected chi connectivity index (χ3v) is 7.23. The molecule has 0 aliphatic carbocycles. The highest BCUT2D eigenvalue weighted by Gasteiger charge is 2.25. The van der Waals surface area contributed by atoms with Gasteiger partial charge in [0.15, 0.2) is 5.75 Å². The Bertz CT molecular complexity index is 931. The minimum absolute atomic E-state index is 0.242. The van der Waals surface area contributed by atoms with Crippen molar-refractivity contribution in [1.82, 2.24) is 5.32 Å². The van der Waals surface area contributed by atoms with E-state index in [2.05, 4.69) is 95.7 Å². The van der Waals surface area contributed by atoms with E-state index in [0.29, 0.717) is 23.5 Å². The summed E-state index contributed by atoms with van der Waals surface area (Å²) in [6, 6.07) is 7.31. The van der Waals surface area contributed by atoms with Gasteiger partial charge in [-0.05, 0) is 138 Å². The average Bonchev–Trinajstić information content (AvgIpc) is 2.86. The number of phenols is 1. The fourth-order valence-corrected chi connectivity index (χ4v) is 6.48. The zero-order valence-corrected chi connectivity index (χ0v) is 21.9. The number of benzene rings is 2. The summed E-state index contributed by atoms with van der Waals surface area (Å²) in [5.41, 5.74) is 0.813. The van der Waals surface area contributed by atoms with E-state index in [1.807, 2.05) is 12.1 Å². The lowest BCUT2D eigenvalue weighted by Gasteiger charge is -2.12. The van der Waals surface area contributed by atoms with Gasteiger partial charge in [0.25, 0.3) is 11.1 Å². The Morgan fingerprint density at radius 3 is 2.04 bits per heavy atom. The molecule has 0 unspecified atom stereocenters. The van der Waals surface area contributed by atoms with Crippen LogP contribution in [0.1, 0.15) is 5.56 Å². The number of carbonyl (C=O) groups excluding carboxylic acids is 2. The van der Waals surface area contributed by atoms with E-state index in [-0.39, 0.29) is 16.9 Å². The van der Waals surface area contributed by atoms with Gasteiger partial charge >= 0.3 is 0 Å². The zero-order valence-electron chi connectivity index (χ0n) is 12.5. The van der Waals surface area contributed by atoms with E-state index in [1.165, 1.54) is 0 Å². The number of halogens is 4. The van der Waals surface area contributed by atoms with Gasteiger partial charge in [-0.3, -0.25) is 14.9 Å². The van der Waals surface area contributed by atoms with Gasteiger partial charge in [-0.25, -0.2) is 0 Å². The largest absolute Gasteiger partial charge is 0.506 e. The molecule has 134 valence electrons. The van der Waals surface area contributed by atoms with E-state index in [4.69, 9.17) is 4.74 Å². The van der Waals surface area contributed by atoms with Gasteiger partial charge in [0.2, 0.25) is 0 Å². The molecule has 1 aliphatic heterocycles. The third kappa shape index (κ3) is 4.78. The number of rotatable bonds is 3. The molecule has 0 saturated carbocycles. The molecule has 26 heavy (non-hydrogen) atoms. The minimum atomic E-state index is -0.376. The molecule has 0 aromatic heterocycles. The Morgan fingerprint density at radius 2 is 1.54 bits per heavy atom. The normalized spacial score (nSPS) is 15.5. The second-order valence-corrected chi connectivity index (χ2v) is 10.7. The molecule has 3 rings (SSSR count). The number of carbonyl (C=O) groups is 2. The molecule has 5 nitrogen and oxygen atoms in total. The Labute approximate surface area is 207 Å². The van der Waals surface area contributed by atoms with Crippen molar-refractivity contribution in [3.63, 3.8) is 0 Å². The first-order chi connectivity index (χ1) is 12.2. The zero-order chi connectivity index (χ0) is 19.0. The summed E-state index contributed by atoms with van der Waals surface area (Å²) in [5, 5.41) is 11.8. The Hall–Kier alpha value is 0.190. The Balaban J connectivity index is 1.92. The van der Waals surface area contributed by atoms with Crippen LogP contribution in [0.25, 0.3) is 6.08 Å². The molecule has 2 aromatic rings. The van der Waals surface area contributed by atoms with E-state index in [1.54, 1.807) is 18.2 Å². The molecule has 2 aromatic carbocycles. The minimum Gasteiger partial charge on any atom is -0.506 e. The van der Waals surface area contributed by atoms with Crippen LogP contribution in [0, 0.1) is 14.3 Å². The van der Waals surface area contributed by atoms with Gasteiger partial charge < -0.3 is 9.84 Å². The SMILES string of the molecule is O=C1NC(=O)/C(=C\c2cc(I)c(Oc3cc(I)c(O)c(I)c3)c(I)c2)S1. The molecule has 1 aliphatic rings. The first kappa shape index (κ1) is 20.9. The molecule has 1 saturated heterocycles. The number of thioether (sulfide) groups is 1. The Morgan fingerprint density at radius 1 is 0.962 bits per heavy atom. The topological polar surface area (TPSA) is 75.6 Å². The maximum absolute atomic E-state index is 11.7. The van der Waals surface area contributed by atoms with Crippen LogP contribution in [0.3, 0.4) is 0 Å². The van der Waals surface area contributed by atoms with E-state index in [0.717, 1.165) is 24.5 Å². The van der Waals surface area contributed by atoms with E-state index < -0.39 is 0 Å². The molecule has 1 heterocycles. The van der Waals surface area contributed by atoms with Gasteiger partial charge in [-0.15, -0.1) is 0 Å². The molecular formula is C16H7I4NO4S. The number of hydrogen-bond acceptors (Lipinski definition) is 5. The molecule has 1 fully saturated rings. The molecule has 0 bridgehead atoms. The van der Waals surface area contributed by atoms with Gasteiger partial charge in [-0.2, -0.15) is 0 Å². The number of imide groups is 1. The summed E-state index contributed by atoms with van der Waals surface area (Å²) in [6.07, 6.45) is 1.69. The van der Waals surface area contributed by atoms with Crippen LogP contribution < -0.4 is 10.1 Å². The lowest BCUT2D eigenvalue weighted by atomic mass is 10.2. The summed E-state index contributed by atoms with van der Waals surface area (Å²) < 4.78 is 9.19. The lowest BCUT2D eigenvalue weighted by Crippen LogP contribution is -2.17. The summed E-state index contributed by atoms with van der Waals surface area (Å²) >= 11 is 9.35. The van der Waals surface area contributed by atoms with Crippen molar-refractivity contribution in [2.75, 3.05) is 0 Å². The number of amides is 2. The number of aromatic hydroxyl groups is 1. The standard InChI is InChI=1S/C16H7I4NO4S/c17-8-4-7(5-9(18)13(8)22)25-14-10(19)1-6(2-11(14)20)3-12-15(23)21-16(24)26-12/h1-5,22H,(H,21,23,24)/b12-3+. The summed E-state index contributed by atoms with van der Waals surface area (Å²) in [7, 11) is 0. The van der Waals surface area contributed by atoms with Crippen LogP contribution in [-0.4, -0.2) is 16.3 Å². The quantitative estimate of drug-likeness (QED) is 0.297. The summed E-state index contributed by atoms with van der Waals surface area (Å²) in [5.74, 6) is 1.20. The van der Waals surface area contributed by atoms with Crippen molar-refractivity contribution < 1.29 is 19.4 Å². The molecule has 2 N–H and O–H groups in total. The van der Waals surface area contributed by atoms with Crippen molar-refractivity contribution in [2.24, 2.45) is 0 Å². The highest BCUT2D eigenvalue weighted by molar-refractivity contribution is 14.1. The number of hydrogen-bond donors (Lipinski definition) is 2. The van der Waals surface area contributed by atoms with E-state index >= 15 is 0 Å². The van der Waals surface area contributed by atoms with Crippen molar-refractivity contribution >= 4 is 119 Å². The second kappa shape index (κ2) is 8.69. The first-order valence-corrected chi connectivity index (χ1v) is 12.0. The van der Waals surface area contributed by atoms with Crippen molar-refractivity contribution in [1.29, 1.82) is 0 Å². The van der Waals surface area contributed by atoms with Gasteiger partial charge in [0, 0.05) is 0 Å². The predicted molar refractivity (Wildman–Crippen MR) is 135 cm³/mol. The highest BCUT2D eigenvalue weighted by Crippen LogP contribution is 2.37. The van der Waals surface area contributed by atoms with Crippen LogP contribution in [0.2, 0.25) is 0 Å². The van der Waals surface area contributed by atoms with Crippen LogP contribution in [0.15, 0.2) is 29.2 Å². The molecule has 0 spiro atoms. The van der Waals surface area contributed by atoms with Crippen LogP contribution in [0.5, 0.6) is 17.2 Å². The maximum Gasteiger partial charge on any atom is 0.290 e. The monoisotopic (exact) mass is 817 g/mol. The molecule has 0 radical (unpaired) electrons. The number of ether oxygens (including phenoxy) is 1. The second-order valence-electron chi connectivity index (χ2n) is 5.00. The fraction of sp³-hybridized carbons (Fsp3) is 0. The molecular weight excluding hydrogens is 810 g/mol.